The molecule has 0 aliphatic carbocycles. The standard InChI is InChI=1S/C15H9F6NO2/c16-14(17,18)11-5-7(13(23)24)1-3-9(11)10-4-2-8(22)6-12(10)15(19,20)21/h1-6H,22H2,(H,23,24). The van der Waals surface area contributed by atoms with Crippen molar-refractivity contribution < 1.29 is 36.2 Å². The van der Waals surface area contributed by atoms with Gasteiger partial charge in [0.25, 0.3) is 0 Å². The Labute approximate surface area is 131 Å². The summed E-state index contributed by atoms with van der Waals surface area (Å²) >= 11 is 0. The molecule has 0 amide bonds. The fraction of sp³-hybridized carbons (Fsp3) is 0.133. The minimum absolute atomic E-state index is 0.262. The van der Waals surface area contributed by atoms with E-state index in [1.54, 1.807) is 0 Å². The Morgan fingerprint density at radius 3 is 1.75 bits per heavy atom. The number of rotatable bonds is 2. The van der Waals surface area contributed by atoms with Gasteiger partial charge in [-0.25, -0.2) is 4.79 Å². The first-order valence-electron chi connectivity index (χ1n) is 6.33. The number of nitrogens with two attached hydrogens (primary N) is 1. The first-order chi connectivity index (χ1) is 10.9. The molecule has 2 aromatic rings. The zero-order valence-electron chi connectivity index (χ0n) is 11.7. The Balaban J connectivity index is 2.81. The summed E-state index contributed by atoms with van der Waals surface area (Å²) in [5.74, 6) is -1.62. The highest BCUT2D eigenvalue weighted by Crippen LogP contribution is 2.43. The van der Waals surface area contributed by atoms with E-state index in [4.69, 9.17) is 10.8 Å². The number of carboxylic acids is 1. The van der Waals surface area contributed by atoms with Gasteiger partial charge in [-0.15, -0.1) is 0 Å². The second kappa shape index (κ2) is 5.73. The van der Waals surface area contributed by atoms with Gasteiger partial charge in [0.1, 0.15) is 0 Å². The molecule has 0 unspecified atom stereocenters. The van der Waals surface area contributed by atoms with E-state index >= 15 is 0 Å². The molecule has 0 saturated carbocycles. The molecule has 24 heavy (non-hydrogen) atoms. The molecule has 0 aliphatic heterocycles. The van der Waals surface area contributed by atoms with Crippen LogP contribution in [0.3, 0.4) is 0 Å². The second-order valence-electron chi connectivity index (χ2n) is 4.87. The molecule has 2 aromatic carbocycles. The predicted octanol–water partition coefficient (Wildman–Crippen LogP) is 4.67. The minimum Gasteiger partial charge on any atom is -0.478 e. The van der Waals surface area contributed by atoms with Crippen LogP contribution in [0.5, 0.6) is 0 Å². The maximum absolute atomic E-state index is 13.2. The first-order valence-corrected chi connectivity index (χ1v) is 6.33. The van der Waals surface area contributed by atoms with Crippen LogP contribution in [-0.4, -0.2) is 11.1 Å². The highest BCUT2D eigenvalue weighted by atomic mass is 19.4. The average molecular weight is 349 g/mol. The number of aromatic carboxylic acids is 1. The highest BCUT2D eigenvalue weighted by Gasteiger charge is 2.38. The van der Waals surface area contributed by atoms with Crippen LogP contribution < -0.4 is 5.73 Å². The maximum atomic E-state index is 13.2. The van der Waals surface area contributed by atoms with Gasteiger partial charge in [0.2, 0.25) is 0 Å². The molecule has 128 valence electrons. The van der Waals surface area contributed by atoms with Gasteiger partial charge in [-0.3, -0.25) is 0 Å². The zero-order valence-corrected chi connectivity index (χ0v) is 11.7. The lowest BCUT2D eigenvalue weighted by Crippen LogP contribution is -2.13. The van der Waals surface area contributed by atoms with Gasteiger partial charge in [0, 0.05) is 5.69 Å². The molecule has 0 saturated heterocycles. The Hall–Kier alpha value is -2.71. The number of carboxylic acid groups (broad SMARTS) is 1. The molecular formula is C15H9F6NO2. The number of halogens is 6. The monoisotopic (exact) mass is 349 g/mol. The summed E-state index contributed by atoms with van der Waals surface area (Å²) < 4.78 is 78.9. The first kappa shape index (κ1) is 17.6. The molecular weight excluding hydrogens is 340 g/mol. The summed E-state index contributed by atoms with van der Waals surface area (Å²) in [5, 5.41) is 8.79. The van der Waals surface area contributed by atoms with Crippen molar-refractivity contribution in [1.82, 2.24) is 0 Å². The van der Waals surface area contributed by atoms with Crippen LogP contribution >= 0.6 is 0 Å². The molecule has 0 bridgehead atoms. The van der Waals surface area contributed by atoms with Crippen LogP contribution in [0.2, 0.25) is 0 Å². The fourth-order valence-corrected chi connectivity index (χ4v) is 2.18. The molecule has 0 fully saturated rings. The van der Waals surface area contributed by atoms with Crippen molar-refractivity contribution in [3.63, 3.8) is 0 Å². The van der Waals surface area contributed by atoms with Crippen LogP contribution in [0, 0.1) is 0 Å². The summed E-state index contributed by atoms with van der Waals surface area (Å²) in [5.41, 5.74) is 0.0182. The van der Waals surface area contributed by atoms with Crippen LogP contribution in [0.4, 0.5) is 32.0 Å². The van der Waals surface area contributed by atoms with Gasteiger partial charge < -0.3 is 10.8 Å². The van der Waals surface area contributed by atoms with Crippen molar-refractivity contribution >= 4 is 11.7 Å². The molecule has 0 atom stereocenters. The van der Waals surface area contributed by atoms with Crippen LogP contribution in [-0.2, 0) is 12.4 Å². The predicted molar refractivity (Wildman–Crippen MR) is 73.3 cm³/mol. The van der Waals surface area contributed by atoms with Crippen LogP contribution in [0.1, 0.15) is 21.5 Å². The van der Waals surface area contributed by atoms with Gasteiger partial charge in [0.05, 0.1) is 16.7 Å². The van der Waals surface area contributed by atoms with Crippen LogP contribution in [0.25, 0.3) is 11.1 Å². The fourth-order valence-electron chi connectivity index (χ4n) is 2.18. The molecule has 0 aromatic heterocycles. The van der Waals surface area contributed by atoms with Crippen molar-refractivity contribution in [2.45, 2.75) is 12.4 Å². The van der Waals surface area contributed by atoms with Crippen molar-refractivity contribution in [3.05, 3.63) is 53.1 Å². The van der Waals surface area contributed by atoms with E-state index in [0.717, 1.165) is 18.2 Å². The Bertz CT molecular complexity index is 796. The SMILES string of the molecule is Nc1ccc(-c2ccc(C(=O)O)cc2C(F)(F)F)c(C(F)(F)F)c1. The molecule has 0 heterocycles. The third-order valence-corrected chi connectivity index (χ3v) is 3.21. The molecule has 9 heteroatoms. The number of alkyl halides is 6. The number of nitrogen functional groups attached to an aromatic ring is 1. The second-order valence-corrected chi connectivity index (χ2v) is 4.87. The van der Waals surface area contributed by atoms with E-state index in [2.05, 4.69) is 0 Å². The zero-order chi connectivity index (χ0) is 18.3. The van der Waals surface area contributed by atoms with E-state index in [9.17, 15) is 31.1 Å². The largest absolute Gasteiger partial charge is 0.478 e. The van der Waals surface area contributed by atoms with Gasteiger partial charge >= 0.3 is 18.3 Å². The molecule has 0 spiro atoms. The van der Waals surface area contributed by atoms with Crippen molar-refractivity contribution in [2.75, 3.05) is 5.73 Å². The van der Waals surface area contributed by atoms with E-state index in [1.165, 1.54) is 0 Å². The number of anilines is 1. The normalized spacial score (nSPS) is 12.2. The van der Waals surface area contributed by atoms with Crippen LogP contribution in [0.15, 0.2) is 36.4 Å². The number of hydrogen-bond donors (Lipinski definition) is 2. The van der Waals surface area contributed by atoms with E-state index in [1.807, 2.05) is 0 Å². The molecule has 2 rings (SSSR count). The third kappa shape index (κ3) is 3.44. The lowest BCUT2D eigenvalue weighted by Gasteiger charge is -2.18. The summed E-state index contributed by atoms with van der Waals surface area (Å²) in [4.78, 5) is 10.8. The highest BCUT2D eigenvalue weighted by molar-refractivity contribution is 5.89. The van der Waals surface area contributed by atoms with Crippen molar-refractivity contribution in [2.24, 2.45) is 0 Å². The third-order valence-electron chi connectivity index (χ3n) is 3.21. The topological polar surface area (TPSA) is 63.3 Å². The van der Waals surface area contributed by atoms with Gasteiger partial charge in [-0.05, 0) is 35.4 Å². The summed E-state index contributed by atoms with van der Waals surface area (Å²) in [6, 6.07) is 4.20. The average Bonchev–Trinajstić information content (AvgIpc) is 2.44. The minimum atomic E-state index is -5.04. The lowest BCUT2D eigenvalue weighted by molar-refractivity contribution is -0.139. The molecule has 0 aliphatic rings. The lowest BCUT2D eigenvalue weighted by atomic mass is 9.93. The Kier molecular flexibility index (Phi) is 4.21. The molecule has 0 radical (unpaired) electrons. The number of benzene rings is 2. The number of carbonyl (C=O) groups is 1. The van der Waals surface area contributed by atoms with Crippen molar-refractivity contribution in [1.29, 1.82) is 0 Å². The van der Waals surface area contributed by atoms with E-state index in [-0.39, 0.29) is 5.69 Å². The van der Waals surface area contributed by atoms with Gasteiger partial charge in [-0.2, -0.15) is 26.3 Å². The molecule has 3 N–H and O–H groups in total. The van der Waals surface area contributed by atoms with Crippen molar-refractivity contribution in [3.8, 4) is 11.1 Å². The Morgan fingerprint density at radius 2 is 1.29 bits per heavy atom. The summed E-state index contributed by atoms with van der Waals surface area (Å²) in [6.45, 7) is 0. The summed E-state index contributed by atoms with van der Waals surface area (Å²) in [7, 11) is 0. The van der Waals surface area contributed by atoms with E-state index < -0.39 is 46.1 Å². The Morgan fingerprint density at radius 1 is 0.833 bits per heavy atom. The van der Waals surface area contributed by atoms with E-state index in [0.29, 0.717) is 18.2 Å². The van der Waals surface area contributed by atoms with Gasteiger partial charge in [-0.1, -0.05) is 12.1 Å². The maximum Gasteiger partial charge on any atom is 0.417 e. The molecule has 3 nitrogen and oxygen atoms in total. The number of hydrogen-bond acceptors (Lipinski definition) is 2. The summed E-state index contributed by atoms with van der Waals surface area (Å²) in [6.07, 6.45) is -9.97. The quantitative estimate of drug-likeness (QED) is 0.612. The van der Waals surface area contributed by atoms with Gasteiger partial charge in [0.15, 0.2) is 0 Å². The smallest absolute Gasteiger partial charge is 0.417 e.